The summed E-state index contributed by atoms with van der Waals surface area (Å²) in [6.45, 7) is 0. The van der Waals surface area contributed by atoms with Crippen molar-refractivity contribution in [2.75, 3.05) is 11.1 Å². The van der Waals surface area contributed by atoms with Gasteiger partial charge in [-0.15, -0.1) is 10.2 Å². The number of nitrogens with one attached hydrogen (secondary N) is 1. The molecule has 0 bridgehead atoms. The molecule has 23 heavy (non-hydrogen) atoms. The fraction of sp³-hybridized carbons (Fsp3) is 0.0714. The summed E-state index contributed by atoms with van der Waals surface area (Å²) >= 11 is 4.20. The van der Waals surface area contributed by atoms with E-state index in [0.29, 0.717) is 10.2 Å². The molecule has 1 amide bonds. The zero-order chi connectivity index (χ0) is 16.2. The molecule has 3 rings (SSSR count). The normalized spacial score (nSPS) is 10.7. The molecule has 0 fully saturated rings. The van der Waals surface area contributed by atoms with Crippen LogP contribution in [-0.2, 0) is 4.79 Å². The van der Waals surface area contributed by atoms with Crippen LogP contribution in [0.25, 0.3) is 11.7 Å². The molecule has 9 heteroatoms. The first-order chi connectivity index (χ1) is 11.1. The van der Waals surface area contributed by atoms with Gasteiger partial charge in [-0.05, 0) is 30.3 Å². The Morgan fingerprint density at radius 3 is 2.96 bits per heavy atom. The van der Waals surface area contributed by atoms with Crippen molar-refractivity contribution in [3.8, 4) is 11.7 Å². The first kappa shape index (κ1) is 15.8. The van der Waals surface area contributed by atoms with E-state index in [1.807, 2.05) is 0 Å². The third kappa shape index (κ3) is 3.99. The predicted molar refractivity (Wildman–Crippen MR) is 85.5 cm³/mol. The molecule has 118 valence electrons. The zero-order valence-electron chi connectivity index (χ0n) is 11.5. The SMILES string of the molecule is O=C(CSc1nnc(-c2ccco2)o1)Nc1ccc(Br)cc1F. The summed E-state index contributed by atoms with van der Waals surface area (Å²) in [5, 5.41) is 10.3. The van der Waals surface area contributed by atoms with Gasteiger partial charge in [0.1, 0.15) is 5.82 Å². The number of carbonyl (C=O) groups excluding carboxylic acids is 1. The van der Waals surface area contributed by atoms with Gasteiger partial charge in [-0.1, -0.05) is 27.7 Å². The van der Waals surface area contributed by atoms with Crippen molar-refractivity contribution in [2.45, 2.75) is 5.22 Å². The van der Waals surface area contributed by atoms with Crippen LogP contribution in [0.4, 0.5) is 10.1 Å². The van der Waals surface area contributed by atoms with E-state index in [2.05, 4.69) is 31.4 Å². The average Bonchev–Trinajstić information content (AvgIpc) is 3.18. The molecule has 3 aromatic rings. The van der Waals surface area contributed by atoms with Crippen LogP contribution in [0.2, 0.25) is 0 Å². The number of hydrogen-bond donors (Lipinski definition) is 1. The number of benzene rings is 1. The highest BCUT2D eigenvalue weighted by atomic mass is 79.9. The molecule has 6 nitrogen and oxygen atoms in total. The first-order valence-electron chi connectivity index (χ1n) is 6.37. The maximum atomic E-state index is 13.6. The van der Waals surface area contributed by atoms with Gasteiger partial charge in [0.15, 0.2) is 5.76 Å². The van der Waals surface area contributed by atoms with Gasteiger partial charge >= 0.3 is 0 Å². The van der Waals surface area contributed by atoms with Crippen molar-refractivity contribution in [1.29, 1.82) is 0 Å². The summed E-state index contributed by atoms with van der Waals surface area (Å²) in [5.74, 6) is -0.206. The second-order valence-electron chi connectivity index (χ2n) is 4.31. The highest BCUT2D eigenvalue weighted by molar-refractivity contribution is 9.10. The number of anilines is 1. The Balaban J connectivity index is 1.57. The topological polar surface area (TPSA) is 81.2 Å². The standard InChI is InChI=1S/C14H9BrFN3O3S/c15-8-3-4-10(9(16)6-8)17-12(20)7-23-14-19-18-13(22-14)11-2-1-5-21-11/h1-6H,7H2,(H,17,20). The van der Waals surface area contributed by atoms with Crippen LogP contribution >= 0.6 is 27.7 Å². The van der Waals surface area contributed by atoms with Crippen LogP contribution in [0.3, 0.4) is 0 Å². The minimum Gasteiger partial charge on any atom is -0.459 e. The van der Waals surface area contributed by atoms with Crippen LogP contribution in [0.5, 0.6) is 0 Å². The molecule has 0 aliphatic rings. The van der Waals surface area contributed by atoms with E-state index in [1.54, 1.807) is 18.2 Å². The Morgan fingerprint density at radius 1 is 1.35 bits per heavy atom. The average molecular weight is 398 g/mol. The van der Waals surface area contributed by atoms with E-state index in [-0.39, 0.29) is 28.5 Å². The lowest BCUT2D eigenvalue weighted by atomic mass is 10.3. The number of rotatable bonds is 5. The smallest absolute Gasteiger partial charge is 0.284 e. The molecule has 0 aliphatic carbocycles. The quantitative estimate of drug-likeness (QED) is 0.656. The van der Waals surface area contributed by atoms with E-state index in [4.69, 9.17) is 8.83 Å². The third-order valence-electron chi connectivity index (χ3n) is 2.67. The molecular weight excluding hydrogens is 389 g/mol. The van der Waals surface area contributed by atoms with E-state index in [9.17, 15) is 9.18 Å². The highest BCUT2D eigenvalue weighted by Gasteiger charge is 2.13. The predicted octanol–water partition coefficient (Wildman–Crippen LogP) is 3.96. The Morgan fingerprint density at radius 2 is 2.22 bits per heavy atom. The fourth-order valence-corrected chi connectivity index (χ4v) is 2.57. The lowest BCUT2D eigenvalue weighted by molar-refractivity contribution is -0.113. The molecule has 0 aliphatic heterocycles. The molecule has 2 aromatic heterocycles. The van der Waals surface area contributed by atoms with Crippen molar-refractivity contribution in [3.05, 3.63) is 46.9 Å². The number of amides is 1. The number of aromatic nitrogens is 2. The van der Waals surface area contributed by atoms with Crippen LogP contribution in [-0.4, -0.2) is 21.9 Å². The number of nitrogens with zero attached hydrogens (tertiary/aromatic N) is 2. The minimum atomic E-state index is -0.518. The summed E-state index contributed by atoms with van der Waals surface area (Å²) in [5.41, 5.74) is 0.112. The Labute approximate surface area is 142 Å². The molecule has 1 aromatic carbocycles. The van der Waals surface area contributed by atoms with Crippen LogP contribution in [0.15, 0.2) is 55.1 Å². The van der Waals surface area contributed by atoms with Gasteiger partial charge < -0.3 is 14.2 Å². The third-order valence-corrected chi connectivity index (χ3v) is 3.98. The van der Waals surface area contributed by atoms with Crippen molar-refractivity contribution in [1.82, 2.24) is 10.2 Å². The van der Waals surface area contributed by atoms with E-state index in [1.165, 1.54) is 18.4 Å². The molecule has 0 radical (unpaired) electrons. The Hall–Kier alpha value is -2.13. The van der Waals surface area contributed by atoms with E-state index >= 15 is 0 Å². The lowest BCUT2D eigenvalue weighted by Gasteiger charge is -2.05. The molecule has 2 heterocycles. The van der Waals surface area contributed by atoms with Gasteiger partial charge in [-0.3, -0.25) is 4.79 Å². The summed E-state index contributed by atoms with van der Waals surface area (Å²) in [6, 6.07) is 7.77. The second kappa shape index (κ2) is 6.97. The molecule has 0 atom stereocenters. The van der Waals surface area contributed by atoms with Gasteiger partial charge in [-0.2, -0.15) is 0 Å². The number of halogens is 2. The molecule has 0 spiro atoms. The number of furan rings is 1. The van der Waals surface area contributed by atoms with Gasteiger partial charge in [0.2, 0.25) is 5.91 Å². The van der Waals surface area contributed by atoms with E-state index < -0.39 is 5.82 Å². The van der Waals surface area contributed by atoms with Crippen LogP contribution in [0.1, 0.15) is 0 Å². The summed E-state index contributed by atoms with van der Waals surface area (Å²) < 4.78 is 24.7. The number of thioether (sulfide) groups is 1. The monoisotopic (exact) mass is 397 g/mol. The largest absolute Gasteiger partial charge is 0.459 e. The zero-order valence-corrected chi connectivity index (χ0v) is 13.9. The van der Waals surface area contributed by atoms with Crippen molar-refractivity contribution in [3.63, 3.8) is 0 Å². The molecule has 0 saturated carbocycles. The summed E-state index contributed by atoms with van der Waals surface area (Å²) in [7, 11) is 0. The molecule has 0 unspecified atom stereocenters. The van der Waals surface area contributed by atoms with Gasteiger partial charge in [0.25, 0.3) is 11.1 Å². The number of hydrogen-bond acceptors (Lipinski definition) is 6. The lowest BCUT2D eigenvalue weighted by Crippen LogP contribution is -2.15. The molecule has 1 N–H and O–H groups in total. The molecule has 0 saturated heterocycles. The fourth-order valence-electron chi connectivity index (χ4n) is 1.67. The summed E-state index contributed by atoms with van der Waals surface area (Å²) in [6.07, 6.45) is 1.49. The van der Waals surface area contributed by atoms with Crippen molar-refractivity contribution >= 4 is 39.3 Å². The Kier molecular flexibility index (Phi) is 4.77. The summed E-state index contributed by atoms with van der Waals surface area (Å²) in [4.78, 5) is 11.8. The van der Waals surface area contributed by atoms with Gasteiger partial charge in [-0.25, -0.2) is 4.39 Å². The maximum Gasteiger partial charge on any atom is 0.284 e. The van der Waals surface area contributed by atoms with Crippen molar-refractivity contribution in [2.24, 2.45) is 0 Å². The second-order valence-corrected chi connectivity index (χ2v) is 6.15. The van der Waals surface area contributed by atoms with Crippen molar-refractivity contribution < 1.29 is 18.0 Å². The van der Waals surface area contributed by atoms with Gasteiger partial charge in [0.05, 0.1) is 17.7 Å². The number of carbonyl (C=O) groups is 1. The first-order valence-corrected chi connectivity index (χ1v) is 8.15. The molecular formula is C14H9BrFN3O3S. The maximum absolute atomic E-state index is 13.6. The van der Waals surface area contributed by atoms with Crippen LogP contribution in [0, 0.1) is 5.82 Å². The minimum absolute atomic E-state index is 0.00922. The highest BCUT2D eigenvalue weighted by Crippen LogP contribution is 2.24. The van der Waals surface area contributed by atoms with Crippen LogP contribution < -0.4 is 5.32 Å². The van der Waals surface area contributed by atoms with E-state index in [0.717, 1.165) is 11.8 Å². The van der Waals surface area contributed by atoms with Gasteiger partial charge in [0, 0.05) is 4.47 Å². The Bertz CT molecular complexity index is 823.